The first kappa shape index (κ1) is 17.7. The molecule has 1 heterocycles. The monoisotopic (exact) mass is 383 g/mol. The van der Waals surface area contributed by atoms with E-state index >= 15 is 0 Å². The second-order valence-electron chi connectivity index (χ2n) is 6.89. The van der Waals surface area contributed by atoms with Crippen LogP contribution < -0.4 is 10.0 Å². The fourth-order valence-electron chi connectivity index (χ4n) is 3.62. The highest BCUT2D eigenvalue weighted by Crippen LogP contribution is 2.28. The van der Waals surface area contributed by atoms with Crippen molar-refractivity contribution in [3.8, 4) is 0 Å². The highest BCUT2D eigenvalue weighted by atomic mass is 32.2. The van der Waals surface area contributed by atoms with Crippen LogP contribution in [0, 0.1) is 0 Å². The molecular weight excluding hydrogens is 362 g/mol. The summed E-state index contributed by atoms with van der Waals surface area (Å²) in [7, 11) is -3.61. The van der Waals surface area contributed by atoms with Crippen molar-refractivity contribution in [1.82, 2.24) is 4.72 Å². The molecule has 0 saturated heterocycles. The second-order valence-corrected chi connectivity index (χ2v) is 8.55. The molecule has 7 heteroatoms. The van der Waals surface area contributed by atoms with Gasteiger partial charge in [-0.15, -0.1) is 0 Å². The third kappa shape index (κ3) is 3.35. The molecule has 1 aliphatic carbocycles. The van der Waals surface area contributed by atoms with Crippen molar-refractivity contribution in [2.45, 2.75) is 43.5 Å². The van der Waals surface area contributed by atoms with E-state index in [9.17, 15) is 13.2 Å². The zero-order valence-corrected chi connectivity index (χ0v) is 15.8. The lowest BCUT2D eigenvalue weighted by molar-refractivity contribution is -0.117. The molecule has 6 nitrogen and oxygen atoms in total. The molecule has 0 spiro atoms. The van der Waals surface area contributed by atoms with Gasteiger partial charge in [-0.2, -0.15) is 0 Å². The zero-order valence-electron chi connectivity index (χ0n) is 15.0. The van der Waals surface area contributed by atoms with E-state index in [-0.39, 0.29) is 16.6 Å². The van der Waals surface area contributed by atoms with Crippen molar-refractivity contribution in [2.24, 2.45) is 4.99 Å². The molecule has 27 heavy (non-hydrogen) atoms. The van der Waals surface area contributed by atoms with Crippen LogP contribution in [0.3, 0.4) is 0 Å². The standard InChI is InChI=1S/C20H21N3O3S/c1-13(21-19-16-10-4-5-12-18(16)27(25,26)23-19)20(24)22-17-11-6-8-14-7-2-3-9-15(14)17/h4-6,8,10-13H,2-3,7,9H2,1H3,(H,21,23)(H,22,24)/t13-/m0/s1. The first-order chi connectivity index (χ1) is 13.0. The minimum Gasteiger partial charge on any atom is -0.324 e. The normalized spacial score (nSPS) is 19.7. The number of anilines is 1. The Morgan fingerprint density at radius 2 is 1.89 bits per heavy atom. The summed E-state index contributed by atoms with van der Waals surface area (Å²) < 4.78 is 26.8. The molecule has 2 aromatic rings. The third-order valence-corrected chi connectivity index (χ3v) is 6.42. The molecule has 0 radical (unpaired) electrons. The number of nitrogens with one attached hydrogen (secondary N) is 2. The predicted octanol–water partition coefficient (Wildman–Crippen LogP) is 2.63. The molecule has 4 rings (SSSR count). The average molecular weight is 383 g/mol. The van der Waals surface area contributed by atoms with E-state index in [1.165, 1.54) is 23.6 Å². The number of carbonyl (C=O) groups is 1. The highest BCUT2D eigenvalue weighted by molar-refractivity contribution is 7.90. The number of hydrogen-bond acceptors (Lipinski definition) is 4. The lowest BCUT2D eigenvalue weighted by atomic mass is 9.90. The number of sulfonamides is 1. The Bertz CT molecular complexity index is 1040. The molecule has 1 atom stereocenters. The molecule has 2 aromatic carbocycles. The SMILES string of the molecule is C[C@H](N=C1NS(=O)(=O)c2ccccc21)C(=O)Nc1cccc2c1CCCC2. The molecule has 2 N–H and O–H groups in total. The Balaban J connectivity index is 1.57. The van der Waals surface area contributed by atoms with Gasteiger partial charge < -0.3 is 5.32 Å². The molecule has 0 unspecified atom stereocenters. The van der Waals surface area contributed by atoms with Crippen molar-refractivity contribution >= 4 is 27.5 Å². The Kier molecular flexibility index (Phi) is 4.47. The van der Waals surface area contributed by atoms with E-state index < -0.39 is 16.1 Å². The number of amides is 1. The zero-order chi connectivity index (χ0) is 19.0. The van der Waals surface area contributed by atoms with E-state index in [1.807, 2.05) is 12.1 Å². The molecule has 140 valence electrons. The first-order valence-electron chi connectivity index (χ1n) is 9.07. The Labute approximate surface area is 158 Å². The summed E-state index contributed by atoms with van der Waals surface area (Å²) >= 11 is 0. The van der Waals surface area contributed by atoms with Gasteiger partial charge in [0.25, 0.3) is 10.0 Å². The Hall–Kier alpha value is -2.67. The van der Waals surface area contributed by atoms with Crippen LogP contribution in [-0.2, 0) is 27.7 Å². The van der Waals surface area contributed by atoms with Crippen LogP contribution in [0.4, 0.5) is 5.69 Å². The highest BCUT2D eigenvalue weighted by Gasteiger charge is 2.31. The smallest absolute Gasteiger partial charge is 0.263 e. The van der Waals surface area contributed by atoms with Crippen LogP contribution in [0.1, 0.15) is 36.5 Å². The van der Waals surface area contributed by atoms with Gasteiger partial charge in [-0.1, -0.05) is 24.3 Å². The summed E-state index contributed by atoms with van der Waals surface area (Å²) in [5, 5.41) is 2.97. The van der Waals surface area contributed by atoms with Crippen LogP contribution in [0.25, 0.3) is 0 Å². The van der Waals surface area contributed by atoms with Crippen LogP contribution in [0.15, 0.2) is 52.4 Å². The number of amidine groups is 1. The van der Waals surface area contributed by atoms with Gasteiger partial charge in [0.05, 0.1) is 4.90 Å². The lowest BCUT2D eigenvalue weighted by Crippen LogP contribution is -2.29. The first-order valence-corrected chi connectivity index (χ1v) is 10.6. The summed E-state index contributed by atoms with van der Waals surface area (Å²) in [5.74, 6) is -0.0478. The number of aliphatic imine (C=N–C) groups is 1. The topological polar surface area (TPSA) is 87.6 Å². The quantitative estimate of drug-likeness (QED) is 0.854. The maximum Gasteiger partial charge on any atom is 0.263 e. The molecule has 2 aliphatic rings. The molecule has 0 aromatic heterocycles. The fraction of sp³-hybridized carbons (Fsp3) is 0.300. The average Bonchev–Trinajstić information content (AvgIpc) is 2.92. The predicted molar refractivity (Wildman–Crippen MR) is 104 cm³/mol. The minimum absolute atomic E-state index is 0.188. The third-order valence-electron chi connectivity index (χ3n) is 5.02. The number of fused-ring (bicyclic) bond motifs is 2. The molecule has 0 saturated carbocycles. The molecule has 1 aliphatic heterocycles. The van der Waals surface area contributed by atoms with E-state index in [2.05, 4.69) is 21.1 Å². The number of carbonyl (C=O) groups excluding carboxylic acids is 1. The van der Waals surface area contributed by atoms with E-state index in [4.69, 9.17) is 0 Å². The van der Waals surface area contributed by atoms with Crippen molar-refractivity contribution in [3.05, 3.63) is 59.2 Å². The van der Waals surface area contributed by atoms with Crippen LogP contribution in [0.2, 0.25) is 0 Å². The van der Waals surface area contributed by atoms with E-state index in [0.29, 0.717) is 5.56 Å². The summed E-state index contributed by atoms with van der Waals surface area (Å²) in [6, 6.07) is 11.9. The number of rotatable bonds is 3. The molecular formula is C20H21N3O3S. The van der Waals surface area contributed by atoms with E-state index in [1.54, 1.807) is 25.1 Å². The van der Waals surface area contributed by atoms with Gasteiger partial charge in [0.1, 0.15) is 11.9 Å². The van der Waals surface area contributed by atoms with Gasteiger partial charge in [0, 0.05) is 11.3 Å². The van der Waals surface area contributed by atoms with E-state index in [0.717, 1.165) is 24.9 Å². The summed E-state index contributed by atoms with van der Waals surface area (Å²) in [5.41, 5.74) is 3.81. The van der Waals surface area contributed by atoms with Gasteiger partial charge in [-0.05, 0) is 61.9 Å². The number of hydrogen-bond donors (Lipinski definition) is 2. The van der Waals surface area contributed by atoms with Crippen LogP contribution in [0.5, 0.6) is 0 Å². The lowest BCUT2D eigenvalue weighted by Gasteiger charge is -2.20. The van der Waals surface area contributed by atoms with Crippen molar-refractivity contribution in [1.29, 1.82) is 0 Å². The maximum absolute atomic E-state index is 12.7. The number of benzene rings is 2. The second kappa shape index (κ2) is 6.81. The van der Waals surface area contributed by atoms with Crippen molar-refractivity contribution in [2.75, 3.05) is 5.32 Å². The molecule has 1 amide bonds. The van der Waals surface area contributed by atoms with Gasteiger partial charge in [0.15, 0.2) is 0 Å². The Morgan fingerprint density at radius 3 is 2.74 bits per heavy atom. The maximum atomic E-state index is 12.7. The number of aryl methyl sites for hydroxylation is 1. The van der Waals surface area contributed by atoms with Crippen molar-refractivity contribution in [3.63, 3.8) is 0 Å². The molecule has 0 fully saturated rings. The largest absolute Gasteiger partial charge is 0.324 e. The van der Waals surface area contributed by atoms with Gasteiger partial charge >= 0.3 is 0 Å². The summed E-state index contributed by atoms with van der Waals surface area (Å²) in [6.45, 7) is 1.66. The summed E-state index contributed by atoms with van der Waals surface area (Å²) in [6.07, 6.45) is 4.29. The van der Waals surface area contributed by atoms with Crippen LogP contribution in [-0.4, -0.2) is 26.2 Å². The van der Waals surface area contributed by atoms with Gasteiger partial charge in [-0.25, -0.2) is 8.42 Å². The van der Waals surface area contributed by atoms with Crippen molar-refractivity contribution < 1.29 is 13.2 Å². The van der Waals surface area contributed by atoms with Gasteiger partial charge in [-0.3, -0.25) is 14.5 Å². The molecule has 0 bridgehead atoms. The van der Waals surface area contributed by atoms with Crippen LogP contribution >= 0.6 is 0 Å². The Morgan fingerprint density at radius 1 is 1.11 bits per heavy atom. The van der Waals surface area contributed by atoms with Gasteiger partial charge in [0.2, 0.25) is 5.91 Å². The minimum atomic E-state index is -3.61. The number of nitrogens with zero attached hydrogens (tertiary/aromatic N) is 1. The summed E-state index contributed by atoms with van der Waals surface area (Å²) in [4.78, 5) is 17.2. The fourth-order valence-corrected chi connectivity index (χ4v) is 4.86.